The third-order valence-corrected chi connectivity index (χ3v) is 3.68. The number of carbonyl (C=O) groups excluding carboxylic acids is 1. The van der Waals surface area contributed by atoms with Gasteiger partial charge in [0.15, 0.2) is 0 Å². The number of hydrogen-bond donors (Lipinski definition) is 0. The van der Waals surface area contributed by atoms with Crippen LogP contribution < -0.4 is 0 Å². The lowest BCUT2D eigenvalue weighted by molar-refractivity contribution is -0.131. The fraction of sp³-hybridized carbons (Fsp3) is 0.643. The number of alkyl halides is 1. The van der Waals surface area contributed by atoms with E-state index in [0.29, 0.717) is 18.7 Å². The minimum atomic E-state index is 0.226. The summed E-state index contributed by atoms with van der Waals surface area (Å²) in [5, 5.41) is 0. The molecule has 2 heterocycles. The van der Waals surface area contributed by atoms with Crippen LogP contribution in [0.2, 0.25) is 0 Å². The second kappa shape index (κ2) is 7.56. The molecule has 19 heavy (non-hydrogen) atoms. The van der Waals surface area contributed by atoms with E-state index in [2.05, 4.69) is 4.90 Å². The Balaban J connectivity index is 1.76. The Morgan fingerprint density at radius 2 is 2.21 bits per heavy atom. The van der Waals surface area contributed by atoms with Crippen LogP contribution in [0.25, 0.3) is 0 Å². The average Bonchev–Trinajstić information content (AvgIpc) is 2.82. The Morgan fingerprint density at radius 3 is 2.95 bits per heavy atom. The minimum absolute atomic E-state index is 0.226. The van der Waals surface area contributed by atoms with Crippen molar-refractivity contribution in [1.82, 2.24) is 9.80 Å². The molecule has 0 aliphatic carbocycles. The van der Waals surface area contributed by atoms with Crippen LogP contribution in [0.15, 0.2) is 22.8 Å². The largest absolute Gasteiger partial charge is 0.469 e. The quantitative estimate of drug-likeness (QED) is 0.776. The van der Waals surface area contributed by atoms with Crippen LogP contribution in [0.5, 0.6) is 0 Å². The Hall–Kier alpha value is -1.00. The first kappa shape index (κ1) is 14.4. The molecule has 1 saturated heterocycles. The number of furan rings is 1. The summed E-state index contributed by atoms with van der Waals surface area (Å²) in [5.74, 6) is 1.77. The number of rotatable bonds is 5. The molecule has 2 rings (SSSR count). The lowest BCUT2D eigenvalue weighted by atomic mass is 10.2. The van der Waals surface area contributed by atoms with Gasteiger partial charge in [-0.05, 0) is 25.1 Å². The Bertz CT molecular complexity index is 381. The third kappa shape index (κ3) is 4.55. The maximum Gasteiger partial charge on any atom is 0.223 e. The molecule has 1 amide bonds. The fourth-order valence-corrected chi connectivity index (χ4v) is 2.65. The van der Waals surface area contributed by atoms with E-state index >= 15 is 0 Å². The molecule has 1 aliphatic rings. The van der Waals surface area contributed by atoms with Gasteiger partial charge in [-0.1, -0.05) is 0 Å². The van der Waals surface area contributed by atoms with Gasteiger partial charge in [0.25, 0.3) is 0 Å². The van der Waals surface area contributed by atoms with Gasteiger partial charge in [-0.3, -0.25) is 4.79 Å². The summed E-state index contributed by atoms with van der Waals surface area (Å²) in [6.07, 6.45) is 3.90. The van der Waals surface area contributed by atoms with Crippen molar-refractivity contribution < 1.29 is 9.21 Å². The highest BCUT2D eigenvalue weighted by molar-refractivity contribution is 6.18. The predicted octanol–water partition coefficient (Wildman–Crippen LogP) is 1.99. The number of nitrogens with zero attached hydrogens (tertiary/aromatic N) is 2. The molecule has 0 N–H and O–H groups in total. The molecule has 1 fully saturated rings. The van der Waals surface area contributed by atoms with Gasteiger partial charge in [0.1, 0.15) is 5.76 Å². The van der Waals surface area contributed by atoms with Crippen molar-refractivity contribution in [2.24, 2.45) is 0 Å². The SMILES string of the molecule is O=C(CCc1ccco1)N1CCCN(CCCl)CC1. The monoisotopic (exact) mass is 284 g/mol. The topological polar surface area (TPSA) is 36.7 Å². The van der Waals surface area contributed by atoms with E-state index in [0.717, 1.165) is 44.9 Å². The normalized spacial score (nSPS) is 17.4. The smallest absolute Gasteiger partial charge is 0.223 e. The molecule has 0 spiro atoms. The third-order valence-electron chi connectivity index (χ3n) is 3.51. The summed E-state index contributed by atoms with van der Waals surface area (Å²) in [5.41, 5.74) is 0. The van der Waals surface area contributed by atoms with Crippen molar-refractivity contribution >= 4 is 17.5 Å². The van der Waals surface area contributed by atoms with Gasteiger partial charge in [0.05, 0.1) is 6.26 Å². The zero-order valence-electron chi connectivity index (χ0n) is 11.2. The minimum Gasteiger partial charge on any atom is -0.469 e. The van der Waals surface area contributed by atoms with Crippen LogP contribution >= 0.6 is 11.6 Å². The molecule has 1 aromatic rings. The molecule has 1 aliphatic heterocycles. The van der Waals surface area contributed by atoms with Crippen LogP contribution in [-0.4, -0.2) is 54.3 Å². The van der Waals surface area contributed by atoms with Gasteiger partial charge in [-0.25, -0.2) is 0 Å². The van der Waals surface area contributed by atoms with Crippen molar-refractivity contribution in [3.05, 3.63) is 24.2 Å². The molecule has 5 heteroatoms. The second-order valence-corrected chi connectivity index (χ2v) is 5.22. The Morgan fingerprint density at radius 1 is 1.32 bits per heavy atom. The highest BCUT2D eigenvalue weighted by Gasteiger charge is 2.18. The van der Waals surface area contributed by atoms with Crippen molar-refractivity contribution in [2.45, 2.75) is 19.3 Å². The number of halogens is 1. The first-order valence-corrected chi connectivity index (χ1v) is 7.41. The van der Waals surface area contributed by atoms with Crippen LogP contribution in [0, 0.1) is 0 Å². The lowest BCUT2D eigenvalue weighted by Crippen LogP contribution is -2.35. The maximum absolute atomic E-state index is 12.2. The molecule has 1 aromatic heterocycles. The van der Waals surface area contributed by atoms with Gasteiger partial charge < -0.3 is 14.2 Å². The van der Waals surface area contributed by atoms with Crippen LogP contribution in [0.1, 0.15) is 18.6 Å². The van der Waals surface area contributed by atoms with Gasteiger partial charge in [-0.2, -0.15) is 0 Å². The molecule has 0 aromatic carbocycles. The zero-order chi connectivity index (χ0) is 13.5. The van der Waals surface area contributed by atoms with Gasteiger partial charge in [0.2, 0.25) is 5.91 Å². The highest BCUT2D eigenvalue weighted by atomic mass is 35.5. The summed E-state index contributed by atoms with van der Waals surface area (Å²) >= 11 is 5.76. The Labute approximate surface area is 119 Å². The van der Waals surface area contributed by atoms with Crippen LogP contribution in [-0.2, 0) is 11.2 Å². The molecule has 0 saturated carbocycles. The second-order valence-electron chi connectivity index (χ2n) is 4.84. The molecule has 4 nitrogen and oxygen atoms in total. The standard InChI is InChI=1S/C14H21ClN2O2/c15-6-9-16-7-2-8-17(11-10-16)14(18)5-4-13-3-1-12-19-13/h1,3,12H,2,4-11H2. The molecular formula is C14H21ClN2O2. The van der Waals surface area contributed by atoms with E-state index in [1.807, 2.05) is 17.0 Å². The first-order valence-electron chi connectivity index (χ1n) is 6.88. The number of hydrogen-bond acceptors (Lipinski definition) is 3. The lowest BCUT2D eigenvalue weighted by Gasteiger charge is -2.21. The predicted molar refractivity (Wildman–Crippen MR) is 75.4 cm³/mol. The molecule has 0 unspecified atom stereocenters. The molecule has 106 valence electrons. The molecule has 0 atom stereocenters. The van der Waals surface area contributed by atoms with Crippen molar-refractivity contribution in [2.75, 3.05) is 38.6 Å². The van der Waals surface area contributed by atoms with E-state index in [9.17, 15) is 4.79 Å². The van der Waals surface area contributed by atoms with E-state index in [1.54, 1.807) is 6.26 Å². The average molecular weight is 285 g/mol. The van der Waals surface area contributed by atoms with Crippen LogP contribution in [0.4, 0.5) is 0 Å². The Kier molecular flexibility index (Phi) is 5.73. The van der Waals surface area contributed by atoms with Crippen molar-refractivity contribution in [1.29, 1.82) is 0 Å². The number of aryl methyl sites for hydroxylation is 1. The van der Waals surface area contributed by atoms with Crippen LogP contribution in [0.3, 0.4) is 0 Å². The van der Waals surface area contributed by atoms with Gasteiger partial charge in [0, 0.05) is 44.9 Å². The van der Waals surface area contributed by atoms with E-state index in [1.165, 1.54) is 0 Å². The van der Waals surface area contributed by atoms with Crippen molar-refractivity contribution in [3.63, 3.8) is 0 Å². The summed E-state index contributed by atoms with van der Waals surface area (Å²) in [4.78, 5) is 16.4. The van der Waals surface area contributed by atoms with Gasteiger partial charge >= 0.3 is 0 Å². The first-order chi connectivity index (χ1) is 9.29. The summed E-state index contributed by atoms with van der Waals surface area (Å²) in [6.45, 7) is 4.55. The van der Waals surface area contributed by atoms with E-state index in [4.69, 9.17) is 16.0 Å². The maximum atomic E-state index is 12.2. The molecule has 0 radical (unpaired) electrons. The molecular weight excluding hydrogens is 264 g/mol. The molecule has 0 bridgehead atoms. The summed E-state index contributed by atoms with van der Waals surface area (Å²) < 4.78 is 5.25. The van der Waals surface area contributed by atoms with Gasteiger partial charge in [-0.15, -0.1) is 11.6 Å². The number of carbonyl (C=O) groups is 1. The number of amides is 1. The summed E-state index contributed by atoms with van der Waals surface area (Å²) in [7, 11) is 0. The van der Waals surface area contributed by atoms with Crippen molar-refractivity contribution in [3.8, 4) is 0 Å². The summed E-state index contributed by atoms with van der Waals surface area (Å²) in [6, 6.07) is 3.77. The van der Waals surface area contributed by atoms with E-state index in [-0.39, 0.29) is 5.91 Å². The zero-order valence-corrected chi connectivity index (χ0v) is 11.9. The highest BCUT2D eigenvalue weighted by Crippen LogP contribution is 2.08. The van der Waals surface area contributed by atoms with E-state index < -0.39 is 0 Å². The fourth-order valence-electron chi connectivity index (χ4n) is 2.41.